The van der Waals surface area contributed by atoms with Gasteiger partial charge in [0.05, 0.1) is 5.69 Å². The third-order valence-corrected chi connectivity index (χ3v) is 4.26. The van der Waals surface area contributed by atoms with Crippen molar-refractivity contribution in [3.8, 4) is 5.75 Å². The van der Waals surface area contributed by atoms with Crippen molar-refractivity contribution < 1.29 is 10.2 Å². The van der Waals surface area contributed by atoms with Gasteiger partial charge in [0.15, 0.2) is 0 Å². The highest BCUT2D eigenvalue weighted by atomic mass is 32.1. The van der Waals surface area contributed by atoms with Crippen LogP contribution in [0.5, 0.6) is 5.75 Å². The number of aryl methyl sites for hydroxylation is 2. The molecule has 5 heteroatoms. The van der Waals surface area contributed by atoms with Crippen LogP contribution in [0.4, 0.5) is 0 Å². The zero-order valence-corrected chi connectivity index (χ0v) is 13.4. The summed E-state index contributed by atoms with van der Waals surface area (Å²) in [5.41, 5.74) is 1.60. The van der Waals surface area contributed by atoms with Gasteiger partial charge in [-0.2, -0.15) is 0 Å². The highest BCUT2D eigenvalue weighted by Crippen LogP contribution is 2.21. The molecule has 0 saturated heterocycles. The third-order valence-electron chi connectivity index (χ3n) is 3.27. The Balaban J connectivity index is 2.09. The molecule has 2 aromatic heterocycles. The first-order valence-corrected chi connectivity index (χ1v) is 7.94. The minimum Gasteiger partial charge on any atom is -0.506 e. The Bertz CT molecular complexity index is 583. The quantitative estimate of drug-likeness (QED) is 0.826. The second-order valence-corrected chi connectivity index (χ2v) is 6.59. The van der Waals surface area contributed by atoms with Crippen LogP contribution < -0.4 is 0 Å². The van der Waals surface area contributed by atoms with Crippen LogP contribution in [0.1, 0.15) is 27.6 Å². The van der Waals surface area contributed by atoms with E-state index in [4.69, 9.17) is 5.11 Å². The molecular formula is C16H22N2O2S. The van der Waals surface area contributed by atoms with Crippen LogP contribution in [0.25, 0.3) is 0 Å². The first-order chi connectivity index (χ1) is 10.1. The van der Waals surface area contributed by atoms with Gasteiger partial charge in [-0.3, -0.25) is 9.88 Å². The molecule has 114 valence electrons. The lowest BCUT2D eigenvalue weighted by Gasteiger charge is -2.21. The maximum atomic E-state index is 9.94. The molecule has 21 heavy (non-hydrogen) atoms. The molecule has 0 unspecified atom stereocenters. The van der Waals surface area contributed by atoms with E-state index in [2.05, 4.69) is 28.9 Å². The standard InChI is InChI=1S/C16H22N2O2S/c1-12-4-7-16(20)15(17-12)11-18(8-3-9-19)10-14-6-5-13(2)21-14/h4-7,19-20H,3,8-11H2,1-2H3. The average Bonchev–Trinajstić information content (AvgIpc) is 2.85. The van der Waals surface area contributed by atoms with E-state index in [0.29, 0.717) is 12.2 Å². The molecule has 0 amide bonds. The monoisotopic (exact) mass is 306 g/mol. The molecule has 0 aromatic carbocycles. The minimum atomic E-state index is 0.174. The first-order valence-electron chi connectivity index (χ1n) is 7.12. The predicted octanol–water partition coefficient (Wildman–Crippen LogP) is 2.85. The maximum Gasteiger partial charge on any atom is 0.138 e. The number of pyridine rings is 1. The Kier molecular flexibility index (Phi) is 5.73. The Labute approximate surface area is 129 Å². The number of aliphatic hydroxyl groups is 1. The zero-order chi connectivity index (χ0) is 15.2. The molecule has 0 saturated carbocycles. The molecule has 2 rings (SSSR count). The topological polar surface area (TPSA) is 56.6 Å². The van der Waals surface area contributed by atoms with Gasteiger partial charge in [-0.05, 0) is 44.5 Å². The Morgan fingerprint density at radius 3 is 2.62 bits per heavy atom. The number of aromatic hydroxyl groups is 1. The summed E-state index contributed by atoms with van der Waals surface area (Å²) in [5.74, 6) is 0.233. The molecule has 0 aliphatic rings. The van der Waals surface area contributed by atoms with Crippen molar-refractivity contribution in [3.63, 3.8) is 0 Å². The van der Waals surface area contributed by atoms with Gasteiger partial charge in [0.1, 0.15) is 5.75 Å². The number of hydrogen-bond acceptors (Lipinski definition) is 5. The van der Waals surface area contributed by atoms with E-state index < -0.39 is 0 Å². The number of aromatic nitrogens is 1. The number of rotatable bonds is 7. The second kappa shape index (κ2) is 7.54. The molecular weight excluding hydrogens is 284 g/mol. The summed E-state index contributed by atoms with van der Waals surface area (Å²) >= 11 is 1.78. The van der Waals surface area contributed by atoms with E-state index in [1.54, 1.807) is 23.5 Å². The molecule has 4 nitrogen and oxygen atoms in total. The van der Waals surface area contributed by atoms with E-state index >= 15 is 0 Å². The Morgan fingerprint density at radius 2 is 1.95 bits per heavy atom. The number of hydrogen-bond donors (Lipinski definition) is 2. The van der Waals surface area contributed by atoms with Gasteiger partial charge < -0.3 is 10.2 Å². The molecule has 2 N–H and O–H groups in total. The summed E-state index contributed by atoms with van der Waals surface area (Å²) in [4.78, 5) is 9.21. The molecule has 0 spiro atoms. The minimum absolute atomic E-state index is 0.174. The Hall–Kier alpha value is -1.43. The summed E-state index contributed by atoms with van der Waals surface area (Å²) in [6, 6.07) is 7.75. The summed E-state index contributed by atoms with van der Waals surface area (Å²) in [6.45, 7) is 6.37. The van der Waals surface area contributed by atoms with Crippen molar-refractivity contribution >= 4 is 11.3 Å². The smallest absolute Gasteiger partial charge is 0.138 e. The van der Waals surface area contributed by atoms with Crippen molar-refractivity contribution in [2.75, 3.05) is 13.2 Å². The normalized spacial score (nSPS) is 11.2. The van der Waals surface area contributed by atoms with Crippen LogP contribution in [0, 0.1) is 13.8 Å². The molecule has 0 aliphatic heterocycles. The molecule has 0 aliphatic carbocycles. The van der Waals surface area contributed by atoms with Crippen LogP contribution in [0.2, 0.25) is 0 Å². The summed E-state index contributed by atoms with van der Waals surface area (Å²) in [6.07, 6.45) is 0.719. The third kappa shape index (κ3) is 4.81. The lowest BCUT2D eigenvalue weighted by atomic mass is 10.2. The highest BCUT2D eigenvalue weighted by Gasteiger charge is 2.12. The van der Waals surface area contributed by atoms with E-state index in [1.165, 1.54) is 9.75 Å². The van der Waals surface area contributed by atoms with Crippen LogP contribution in [0.15, 0.2) is 24.3 Å². The van der Waals surface area contributed by atoms with E-state index in [9.17, 15) is 5.11 Å². The van der Waals surface area contributed by atoms with Crippen LogP contribution >= 0.6 is 11.3 Å². The molecule has 0 atom stereocenters. The second-order valence-electron chi connectivity index (χ2n) is 5.22. The van der Waals surface area contributed by atoms with Crippen LogP contribution in [0.3, 0.4) is 0 Å². The van der Waals surface area contributed by atoms with Crippen molar-refractivity contribution in [2.45, 2.75) is 33.4 Å². The predicted molar refractivity (Wildman–Crippen MR) is 85.5 cm³/mol. The van der Waals surface area contributed by atoms with Crippen LogP contribution in [-0.2, 0) is 13.1 Å². The van der Waals surface area contributed by atoms with E-state index in [-0.39, 0.29) is 12.4 Å². The summed E-state index contributed by atoms with van der Waals surface area (Å²) in [7, 11) is 0. The van der Waals surface area contributed by atoms with Crippen molar-refractivity contribution in [1.82, 2.24) is 9.88 Å². The van der Waals surface area contributed by atoms with Gasteiger partial charge in [0, 0.05) is 41.7 Å². The lowest BCUT2D eigenvalue weighted by molar-refractivity contribution is 0.210. The lowest BCUT2D eigenvalue weighted by Crippen LogP contribution is -2.25. The number of aliphatic hydroxyl groups excluding tert-OH is 1. The molecule has 0 radical (unpaired) electrons. The summed E-state index contributed by atoms with van der Waals surface area (Å²) in [5, 5.41) is 19.0. The van der Waals surface area contributed by atoms with Crippen molar-refractivity contribution in [1.29, 1.82) is 0 Å². The highest BCUT2D eigenvalue weighted by molar-refractivity contribution is 7.11. The zero-order valence-electron chi connectivity index (χ0n) is 12.5. The fourth-order valence-corrected chi connectivity index (χ4v) is 3.16. The van der Waals surface area contributed by atoms with Crippen LogP contribution in [-0.4, -0.2) is 33.2 Å². The van der Waals surface area contributed by atoms with Gasteiger partial charge in [-0.15, -0.1) is 11.3 Å². The largest absolute Gasteiger partial charge is 0.506 e. The number of nitrogens with zero attached hydrogens (tertiary/aromatic N) is 2. The molecule has 2 aromatic rings. The summed E-state index contributed by atoms with van der Waals surface area (Å²) < 4.78 is 0. The Morgan fingerprint density at radius 1 is 1.14 bits per heavy atom. The molecule has 2 heterocycles. The van der Waals surface area contributed by atoms with Gasteiger partial charge >= 0.3 is 0 Å². The first kappa shape index (κ1) is 15.9. The fourth-order valence-electron chi connectivity index (χ4n) is 2.23. The maximum absolute atomic E-state index is 9.94. The number of thiophene rings is 1. The fraction of sp³-hybridized carbons (Fsp3) is 0.438. The van der Waals surface area contributed by atoms with Gasteiger partial charge in [0.25, 0.3) is 0 Å². The van der Waals surface area contributed by atoms with E-state index in [0.717, 1.165) is 25.2 Å². The van der Waals surface area contributed by atoms with Crippen molar-refractivity contribution in [3.05, 3.63) is 45.4 Å². The molecule has 0 fully saturated rings. The van der Waals surface area contributed by atoms with Gasteiger partial charge in [0.2, 0.25) is 0 Å². The SMILES string of the molecule is Cc1ccc(O)c(CN(CCCO)Cc2ccc(C)s2)n1. The van der Waals surface area contributed by atoms with Crippen molar-refractivity contribution in [2.24, 2.45) is 0 Å². The molecule has 0 bridgehead atoms. The van der Waals surface area contributed by atoms with Gasteiger partial charge in [-0.25, -0.2) is 0 Å². The average molecular weight is 306 g/mol. The van der Waals surface area contributed by atoms with Gasteiger partial charge in [-0.1, -0.05) is 0 Å². The van der Waals surface area contributed by atoms with E-state index in [1.807, 2.05) is 6.92 Å².